The fraction of sp³-hybridized carbons (Fsp3) is 0.304. The Morgan fingerprint density at radius 1 is 1.03 bits per heavy atom. The molecule has 1 atom stereocenters. The van der Waals surface area contributed by atoms with Crippen LogP contribution in [0, 0.1) is 0 Å². The largest absolute Gasteiger partial charge is 0.459 e. The third-order valence-electron chi connectivity index (χ3n) is 4.36. The number of ether oxygens (including phenoxy) is 2. The molecule has 6 heteroatoms. The van der Waals surface area contributed by atoms with Crippen LogP contribution >= 0.6 is 0 Å². The van der Waals surface area contributed by atoms with Gasteiger partial charge in [0.05, 0.1) is 24.3 Å². The van der Waals surface area contributed by atoms with Crippen LogP contribution in [-0.2, 0) is 20.9 Å². The average Bonchev–Trinajstić information content (AvgIpc) is 3.15. The molecule has 0 radical (unpaired) electrons. The summed E-state index contributed by atoms with van der Waals surface area (Å²) < 4.78 is 16.4. The maximum absolute atomic E-state index is 12.1. The molecular weight excluding hydrogens is 370 g/mol. The van der Waals surface area contributed by atoms with Crippen molar-refractivity contribution in [3.63, 3.8) is 0 Å². The predicted molar refractivity (Wildman–Crippen MR) is 109 cm³/mol. The van der Waals surface area contributed by atoms with Crippen molar-refractivity contribution in [2.75, 3.05) is 6.61 Å². The van der Waals surface area contributed by atoms with Gasteiger partial charge in [-0.3, -0.25) is 4.79 Å². The Labute approximate surface area is 169 Å². The van der Waals surface area contributed by atoms with Crippen molar-refractivity contribution >= 4 is 22.8 Å². The lowest BCUT2D eigenvalue weighted by Gasteiger charge is -2.12. The number of benzene rings is 2. The van der Waals surface area contributed by atoms with E-state index in [2.05, 4.69) is 5.32 Å². The summed E-state index contributed by atoms with van der Waals surface area (Å²) in [5, 5.41) is 3.74. The third-order valence-corrected chi connectivity index (χ3v) is 4.36. The van der Waals surface area contributed by atoms with E-state index in [-0.39, 0.29) is 18.8 Å². The highest BCUT2D eigenvalue weighted by Gasteiger charge is 2.16. The number of esters is 1. The van der Waals surface area contributed by atoms with Crippen LogP contribution in [0.15, 0.2) is 59.0 Å². The molecule has 2 aromatic carbocycles. The molecule has 3 rings (SSSR count). The molecule has 0 spiro atoms. The Balaban J connectivity index is 1.48. The summed E-state index contributed by atoms with van der Waals surface area (Å²) in [6.07, 6.45) is 0.139. The van der Waals surface area contributed by atoms with Crippen LogP contribution in [0.25, 0.3) is 11.0 Å². The van der Waals surface area contributed by atoms with Gasteiger partial charge in [-0.15, -0.1) is 0 Å². The van der Waals surface area contributed by atoms with Gasteiger partial charge in [-0.05, 0) is 50.6 Å². The lowest BCUT2D eigenvalue weighted by atomic mass is 10.1. The van der Waals surface area contributed by atoms with Crippen LogP contribution < -0.4 is 5.32 Å². The molecule has 0 unspecified atom stereocenters. The van der Waals surface area contributed by atoms with E-state index >= 15 is 0 Å². The van der Waals surface area contributed by atoms with Crippen molar-refractivity contribution in [3.8, 4) is 0 Å². The zero-order valence-corrected chi connectivity index (χ0v) is 16.8. The van der Waals surface area contributed by atoms with Crippen molar-refractivity contribution in [1.29, 1.82) is 0 Å². The second-order valence-electron chi connectivity index (χ2n) is 7.11. The Kier molecular flexibility index (Phi) is 6.67. The van der Waals surface area contributed by atoms with Crippen LogP contribution in [0.4, 0.5) is 0 Å². The van der Waals surface area contributed by atoms with Gasteiger partial charge in [-0.2, -0.15) is 0 Å². The van der Waals surface area contributed by atoms with E-state index in [9.17, 15) is 9.59 Å². The number of hydrogen-bond acceptors (Lipinski definition) is 5. The number of para-hydroxylation sites is 1. The zero-order chi connectivity index (χ0) is 20.8. The maximum Gasteiger partial charge on any atom is 0.338 e. The van der Waals surface area contributed by atoms with Crippen molar-refractivity contribution in [2.24, 2.45) is 0 Å². The number of hydrogen-bond donors (Lipinski definition) is 1. The van der Waals surface area contributed by atoms with Crippen molar-refractivity contribution in [3.05, 3.63) is 71.5 Å². The highest BCUT2D eigenvalue weighted by Crippen LogP contribution is 2.23. The van der Waals surface area contributed by atoms with E-state index in [0.717, 1.165) is 16.5 Å². The molecule has 0 fully saturated rings. The van der Waals surface area contributed by atoms with E-state index in [1.807, 2.05) is 63.2 Å². The normalized spacial score (nSPS) is 12.1. The van der Waals surface area contributed by atoms with Gasteiger partial charge in [0.2, 0.25) is 0 Å². The first kappa shape index (κ1) is 20.6. The van der Waals surface area contributed by atoms with E-state index < -0.39 is 11.9 Å². The first-order valence-electron chi connectivity index (χ1n) is 9.58. The Hall–Kier alpha value is -3.12. The molecule has 0 bridgehead atoms. The van der Waals surface area contributed by atoms with E-state index in [4.69, 9.17) is 13.9 Å². The van der Waals surface area contributed by atoms with Gasteiger partial charge in [-0.1, -0.05) is 30.3 Å². The smallest absolute Gasteiger partial charge is 0.338 e. The monoisotopic (exact) mass is 395 g/mol. The van der Waals surface area contributed by atoms with E-state index in [1.165, 1.54) is 0 Å². The zero-order valence-electron chi connectivity index (χ0n) is 16.8. The molecule has 0 saturated carbocycles. The fourth-order valence-electron chi connectivity index (χ4n) is 2.78. The van der Waals surface area contributed by atoms with Crippen molar-refractivity contribution < 1.29 is 23.5 Å². The highest BCUT2D eigenvalue weighted by atomic mass is 16.5. The second-order valence-corrected chi connectivity index (χ2v) is 7.11. The average molecular weight is 395 g/mol. The number of amides is 1. The van der Waals surface area contributed by atoms with Crippen LogP contribution in [0.2, 0.25) is 0 Å². The van der Waals surface area contributed by atoms with Crippen molar-refractivity contribution in [1.82, 2.24) is 5.32 Å². The Bertz CT molecular complexity index is 941. The minimum atomic E-state index is -0.548. The summed E-state index contributed by atoms with van der Waals surface area (Å²) in [7, 11) is 0. The van der Waals surface area contributed by atoms with Crippen LogP contribution in [0.5, 0.6) is 0 Å². The second kappa shape index (κ2) is 9.39. The number of furan rings is 1. The summed E-state index contributed by atoms with van der Waals surface area (Å²) in [6.45, 7) is 5.86. The number of carbonyl (C=O) groups excluding carboxylic acids is 2. The molecule has 1 heterocycles. The summed E-state index contributed by atoms with van der Waals surface area (Å²) in [5.41, 5.74) is 2.11. The Morgan fingerprint density at radius 2 is 1.76 bits per heavy atom. The molecule has 1 aromatic heterocycles. The molecule has 1 amide bonds. The predicted octanol–water partition coefficient (Wildman–Crippen LogP) is 4.39. The molecule has 152 valence electrons. The lowest BCUT2D eigenvalue weighted by Crippen LogP contribution is -2.31. The van der Waals surface area contributed by atoms with Crippen LogP contribution in [0.1, 0.15) is 48.5 Å². The molecule has 0 aliphatic carbocycles. The molecule has 0 aliphatic rings. The topological polar surface area (TPSA) is 77.8 Å². The minimum Gasteiger partial charge on any atom is -0.459 e. The minimum absolute atomic E-state index is 0.139. The van der Waals surface area contributed by atoms with E-state index in [1.54, 1.807) is 12.1 Å². The summed E-state index contributed by atoms with van der Waals surface area (Å²) >= 11 is 0. The SMILES string of the molecule is CC(C)OCc1ccc(C(=O)OCC(=O)N[C@@H](C)c2cc3ccccc3o2)cc1. The number of fused-ring (bicyclic) bond motifs is 1. The molecule has 1 N–H and O–H groups in total. The molecule has 3 aromatic rings. The number of nitrogens with one attached hydrogen (secondary N) is 1. The molecule has 0 saturated heterocycles. The molecule has 0 aliphatic heterocycles. The van der Waals surface area contributed by atoms with Crippen LogP contribution in [-0.4, -0.2) is 24.6 Å². The third kappa shape index (κ3) is 5.68. The van der Waals surface area contributed by atoms with Gasteiger partial charge in [0.25, 0.3) is 5.91 Å². The van der Waals surface area contributed by atoms with Gasteiger partial charge in [-0.25, -0.2) is 4.79 Å². The number of carbonyl (C=O) groups is 2. The lowest BCUT2D eigenvalue weighted by molar-refractivity contribution is -0.125. The van der Waals surface area contributed by atoms with Crippen molar-refractivity contribution in [2.45, 2.75) is 39.5 Å². The quantitative estimate of drug-likeness (QED) is 0.572. The number of rotatable bonds is 8. The highest BCUT2D eigenvalue weighted by molar-refractivity contribution is 5.91. The summed E-state index contributed by atoms with van der Waals surface area (Å²) in [5.74, 6) is -0.300. The molecule has 6 nitrogen and oxygen atoms in total. The van der Waals surface area contributed by atoms with Gasteiger partial charge in [0.1, 0.15) is 11.3 Å². The first-order chi connectivity index (χ1) is 13.9. The first-order valence-corrected chi connectivity index (χ1v) is 9.58. The van der Waals surface area contributed by atoms with Gasteiger partial charge < -0.3 is 19.2 Å². The van der Waals surface area contributed by atoms with Gasteiger partial charge in [0.15, 0.2) is 6.61 Å². The maximum atomic E-state index is 12.1. The summed E-state index contributed by atoms with van der Waals surface area (Å²) in [6, 6.07) is 16.1. The van der Waals surface area contributed by atoms with Gasteiger partial charge >= 0.3 is 5.97 Å². The molecule has 29 heavy (non-hydrogen) atoms. The molecular formula is C23H25NO5. The summed E-state index contributed by atoms with van der Waals surface area (Å²) in [4.78, 5) is 24.3. The standard InChI is InChI=1S/C23H25NO5/c1-15(2)27-13-17-8-10-18(11-9-17)23(26)28-14-22(25)24-16(3)21-12-19-6-4-5-7-20(19)29-21/h4-12,15-16H,13-14H2,1-3H3,(H,24,25)/t16-/m0/s1. The Morgan fingerprint density at radius 3 is 2.45 bits per heavy atom. The van der Waals surface area contributed by atoms with Gasteiger partial charge in [0, 0.05) is 5.39 Å². The van der Waals surface area contributed by atoms with Crippen LogP contribution in [0.3, 0.4) is 0 Å². The fourth-order valence-corrected chi connectivity index (χ4v) is 2.78. The van der Waals surface area contributed by atoms with E-state index in [0.29, 0.717) is 17.9 Å².